The molecule has 3 rings (SSSR count). The second kappa shape index (κ2) is 11.3. The van der Waals surface area contributed by atoms with Gasteiger partial charge in [0.25, 0.3) is 5.91 Å². The van der Waals surface area contributed by atoms with Crippen LogP contribution in [-0.2, 0) is 24.4 Å². The van der Waals surface area contributed by atoms with Crippen molar-refractivity contribution in [2.24, 2.45) is 5.16 Å². The van der Waals surface area contributed by atoms with Crippen LogP contribution in [0.2, 0.25) is 0 Å². The van der Waals surface area contributed by atoms with Crippen molar-refractivity contribution < 1.29 is 27.9 Å². The third-order valence-corrected chi connectivity index (χ3v) is 6.38. The Labute approximate surface area is 185 Å². The normalized spacial score (nSPS) is 16.6. The Balaban J connectivity index is 0.00000341. The summed E-state index contributed by atoms with van der Waals surface area (Å²) in [6, 6.07) is 5.63. The van der Waals surface area contributed by atoms with Crippen LogP contribution in [0.3, 0.4) is 0 Å². The number of aliphatic hydroxyl groups is 1. The number of hydrogen-bond acceptors (Lipinski definition) is 9. The molecule has 1 aliphatic heterocycles. The largest absolute Gasteiger partial charge is 0.395 e. The quantitative estimate of drug-likeness (QED) is 0.373. The number of aryl methyl sites for hydroxylation is 1. The van der Waals surface area contributed by atoms with Gasteiger partial charge in [0.2, 0.25) is 10.0 Å². The van der Waals surface area contributed by atoms with Crippen LogP contribution in [0, 0.1) is 6.92 Å². The summed E-state index contributed by atoms with van der Waals surface area (Å²) < 4.78 is 31.8. The van der Waals surface area contributed by atoms with Gasteiger partial charge in [-0.1, -0.05) is 24.7 Å². The number of benzene rings is 1. The van der Waals surface area contributed by atoms with Crippen molar-refractivity contribution >= 4 is 38.1 Å². The van der Waals surface area contributed by atoms with Crippen LogP contribution in [0.15, 0.2) is 40.5 Å². The molecule has 0 aliphatic carbocycles. The Hall–Kier alpha value is -2.38. The maximum Gasteiger partial charge on any atom is 0.280 e. The summed E-state index contributed by atoms with van der Waals surface area (Å²) in [6.45, 7) is 2.41. The van der Waals surface area contributed by atoms with Gasteiger partial charge in [-0.05, 0) is 19.1 Å². The molecule has 0 bridgehead atoms. The summed E-state index contributed by atoms with van der Waals surface area (Å²) in [5, 5.41) is 15.9. The molecule has 1 aliphatic rings. The van der Waals surface area contributed by atoms with Gasteiger partial charge in [0.05, 0.1) is 24.7 Å². The van der Waals surface area contributed by atoms with Gasteiger partial charge in [0.15, 0.2) is 16.9 Å². The fourth-order valence-corrected chi connectivity index (χ4v) is 4.25. The zero-order valence-electron chi connectivity index (χ0n) is 16.2. The number of ether oxygens (including phenoxy) is 1. The van der Waals surface area contributed by atoms with E-state index in [9.17, 15) is 13.2 Å². The fourth-order valence-electron chi connectivity index (χ4n) is 2.57. The lowest BCUT2D eigenvalue weighted by atomic mass is 10.1. The minimum atomic E-state index is -3.76. The van der Waals surface area contributed by atoms with E-state index in [2.05, 4.69) is 20.2 Å². The van der Waals surface area contributed by atoms with Crippen molar-refractivity contribution in [3.63, 3.8) is 0 Å². The molecule has 1 atom stereocenters. The highest BCUT2D eigenvalue weighted by atomic mass is 32.2. The number of anilines is 1. The van der Waals surface area contributed by atoms with Crippen LogP contribution >= 0.6 is 11.3 Å². The zero-order chi connectivity index (χ0) is 21.6. The smallest absolute Gasteiger partial charge is 0.280 e. The molecule has 2 aromatic rings. The third-order valence-electron chi connectivity index (χ3n) is 4.08. The lowest BCUT2D eigenvalue weighted by molar-refractivity contribution is -0.110. The van der Waals surface area contributed by atoms with Gasteiger partial charge in [-0.15, -0.1) is 11.3 Å². The van der Waals surface area contributed by atoms with Gasteiger partial charge < -0.3 is 14.7 Å². The molecular formula is C19H26N4O6S2. The fraction of sp³-hybridized carbons (Fsp3) is 0.421. The van der Waals surface area contributed by atoms with Crippen molar-refractivity contribution in [2.45, 2.75) is 31.8 Å². The summed E-state index contributed by atoms with van der Waals surface area (Å²) in [4.78, 5) is 23.3. The highest BCUT2D eigenvalue weighted by molar-refractivity contribution is 7.89. The Morgan fingerprint density at radius 3 is 2.71 bits per heavy atom. The number of carbonyl (C=O) groups is 1. The first-order valence-electron chi connectivity index (χ1n) is 9.15. The molecule has 0 radical (unpaired) electrons. The van der Waals surface area contributed by atoms with Gasteiger partial charge in [-0.2, -0.15) is 0 Å². The molecule has 170 valence electrons. The average molecular weight is 471 g/mol. The third kappa shape index (κ3) is 6.80. The molecule has 0 unspecified atom stereocenters. The van der Waals surface area contributed by atoms with Gasteiger partial charge >= 0.3 is 0 Å². The van der Waals surface area contributed by atoms with Gasteiger partial charge in [0.1, 0.15) is 0 Å². The van der Waals surface area contributed by atoms with Gasteiger partial charge in [0, 0.05) is 29.6 Å². The number of aromatic nitrogens is 1. The lowest BCUT2D eigenvalue weighted by Gasteiger charge is -2.10. The Morgan fingerprint density at radius 2 is 2.13 bits per heavy atom. The minimum Gasteiger partial charge on any atom is -0.395 e. The van der Waals surface area contributed by atoms with E-state index in [4.69, 9.17) is 14.7 Å². The van der Waals surface area contributed by atoms with Crippen LogP contribution in [0.5, 0.6) is 0 Å². The summed E-state index contributed by atoms with van der Waals surface area (Å²) in [5.41, 5.74) is 0.364. The summed E-state index contributed by atoms with van der Waals surface area (Å²) >= 11 is 1.32. The number of thiazole rings is 1. The van der Waals surface area contributed by atoms with Crippen LogP contribution in [0.1, 0.15) is 24.3 Å². The first-order chi connectivity index (χ1) is 14.4. The number of sulfonamides is 1. The van der Waals surface area contributed by atoms with Crippen molar-refractivity contribution in [1.82, 2.24) is 9.71 Å². The van der Waals surface area contributed by atoms with E-state index in [1.54, 1.807) is 6.20 Å². The Kier molecular flexibility index (Phi) is 9.07. The molecule has 3 N–H and O–H groups in total. The molecule has 1 aromatic carbocycles. The second-order valence-electron chi connectivity index (χ2n) is 6.41. The van der Waals surface area contributed by atoms with E-state index in [1.165, 1.54) is 35.6 Å². The number of nitrogens with one attached hydrogen (secondary N) is 2. The van der Waals surface area contributed by atoms with Crippen molar-refractivity contribution in [1.29, 1.82) is 0 Å². The molecule has 1 fully saturated rings. The molecule has 0 saturated carbocycles. The van der Waals surface area contributed by atoms with Crippen LogP contribution in [0.4, 0.5) is 5.13 Å². The lowest BCUT2D eigenvalue weighted by Crippen LogP contribution is -2.27. The SMILES string of the molecule is C.Cc1cnc(NC(=O)/C(=N/O[C@@H]2CCOC2)c2ccc(S(=O)(=O)NCCO)cc2)s1. The zero-order valence-corrected chi connectivity index (χ0v) is 17.8. The number of amides is 1. The van der Waals surface area contributed by atoms with E-state index in [0.717, 1.165) is 4.88 Å². The highest BCUT2D eigenvalue weighted by Gasteiger charge is 2.22. The molecule has 12 heteroatoms. The number of rotatable bonds is 9. The number of oxime groups is 1. The number of aliphatic hydroxyl groups excluding tert-OH is 1. The average Bonchev–Trinajstić information content (AvgIpc) is 3.39. The number of nitrogens with zero attached hydrogens (tertiary/aromatic N) is 2. The van der Waals surface area contributed by atoms with Gasteiger partial charge in [-0.3, -0.25) is 10.1 Å². The predicted octanol–water partition coefficient (Wildman–Crippen LogP) is 1.51. The second-order valence-corrected chi connectivity index (χ2v) is 9.41. The van der Waals surface area contributed by atoms with E-state index < -0.39 is 15.9 Å². The number of hydrogen-bond donors (Lipinski definition) is 3. The standard InChI is InChI=1S/C18H22N4O6S2.CH4/c1-12-10-19-18(29-12)21-17(24)16(22-28-14-6-9-27-11-14)13-2-4-15(5-3-13)30(25,26)20-7-8-23;/h2-5,10,14,20,23H,6-9,11H2,1H3,(H,19,21,24);1H4/b22-16+;/t14-;/m1./s1. The van der Waals surface area contributed by atoms with Crippen molar-refractivity contribution in [2.75, 3.05) is 31.7 Å². The summed E-state index contributed by atoms with van der Waals surface area (Å²) in [6.07, 6.45) is 2.05. The molecule has 1 saturated heterocycles. The minimum absolute atomic E-state index is 0. The van der Waals surface area contributed by atoms with Crippen molar-refractivity contribution in [3.05, 3.63) is 40.9 Å². The maximum atomic E-state index is 12.8. The van der Waals surface area contributed by atoms with Crippen LogP contribution in [0.25, 0.3) is 0 Å². The van der Waals surface area contributed by atoms with E-state index >= 15 is 0 Å². The van der Waals surface area contributed by atoms with E-state index in [-0.39, 0.29) is 37.3 Å². The molecule has 10 nitrogen and oxygen atoms in total. The maximum absolute atomic E-state index is 12.8. The van der Waals surface area contributed by atoms with E-state index in [1.807, 2.05) is 6.92 Å². The first kappa shape index (κ1) is 24.9. The molecular weight excluding hydrogens is 444 g/mol. The number of carbonyl (C=O) groups excluding carboxylic acids is 1. The Morgan fingerprint density at radius 1 is 1.39 bits per heavy atom. The first-order valence-corrected chi connectivity index (χ1v) is 11.5. The summed E-state index contributed by atoms with van der Waals surface area (Å²) in [5.74, 6) is -0.530. The molecule has 2 heterocycles. The molecule has 31 heavy (non-hydrogen) atoms. The van der Waals surface area contributed by atoms with Crippen LogP contribution in [-0.4, -0.2) is 62.6 Å². The highest BCUT2D eigenvalue weighted by Crippen LogP contribution is 2.18. The van der Waals surface area contributed by atoms with Crippen molar-refractivity contribution in [3.8, 4) is 0 Å². The monoisotopic (exact) mass is 470 g/mol. The summed E-state index contributed by atoms with van der Waals surface area (Å²) in [7, 11) is -3.76. The molecule has 0 spiro atoms. The van der Waals surface area contributed by atoms with Crippen LogP contribution < -0.4 is 10.0 Å². The van der Waals surface area contributed by atoms with Gasteiger partial charge in [-0.25, -0.2) is 18.1 Å². The Bertz CT molecular complexity index is 999. The topological polar surface area (TPSA) is 139 Å². The van der Waals surface area contributed by atoms with E-state index in [0.29, 0.717) is 30.3 Å². The molecule has 1 amide bonds. The predicted molar refractivity (Wildman–Crippen MR) is 118 cm³/mol. The molecule has 1 aromatic heterocycles.